The molecule has 2 aromatic heterocycles. The van der Waals surface area contributed by atoms with Crippen molar-refractivity contribution < 1.29 is 4.79 Å². The van der Waals surface area contributed by atoms with E-state index in [2.05, 4.69) is 24.0 Å². The van der Waals surface area contributed by atoms with Crippen LogP contribution in [0, 0.1) is 0 Å². The molecule has 9 heteroatoms. The lowest BCUT2D eigenvalue weighted by molar-refractivity contribution is -0.113. The van der Waals surface area contributed by atoms with Crippen LogP contribution < -0.4 is 5.32 Å². The fourth-order valence-corrected chi connectivity index (χ4v) is 6.07. The van der Waals surface area contributed by atoms with Crippen molar-refractivity contribution in [3.05, 3.63) is 35.0 Å². The number of thioether (sulfide) groups is 1. The van der Waals surface area contributed by atoms with Crippen LogP contribution >= 0.6 is 23.1 Å². The molecule has 1 aliphatic carbocycles. The summed E-state index contributed by atoms with van der Waals surface area (Å²) in [6.45, 7) is 0. The number of fused-ring (bicyclic) bond motifs is 4. The maximum atomic E-state index is 12.5. The Kier molecular flexibility index (Phi) is 4.50. The summed E-state index contributed by atoms with van der Waals surface area (Å²) in [5.41, 5.74) is 3.63. The van der Waals surface area contributed by atoms with E-state index in [0.717, 1.165) is 50.8 Å². The number of nitrogens with zero attached hydrogens (tertiary/aromatic N) is 4. The molecule has 1 aromatic carbocycles. The first kappa shape index (κ1) is 17.0. The Bertz CT molecular complexity index is 1130. The minimum atomic E-state index is -0.0728. The number of carbonyl (C=O) groups excluding carboxylic acids is 1. The standard InChI is InChI=1S/C18H15N5OS3/c24-14(21-11-5-3-6-12-16(11)23-27-22-12)8-25-17-15-10-4-1-2-7-13(10)26-18(15)20-9-19-17/h3,5-6,9H,1-2,4,7-8H2,(H,21,24). The van der Waals surface area contributed by atoms with Crippen molar-refractivity contribution >= 4 is 67.6 Å². The van der Waals surface area contributed by atoms with Crippen LogP contribution in [0.5, 0.6) is 0 Å². The van der Waals surface area contributed by atoms with E-state index in [9.17, 15) is 4.79 Å². The molecular weight excluding hydrogens is 398 g/mol. The second-order valence-electron chi connectivity index (χ2n) is 6.34. The fourth-order valence-electron chi connectivity index (χ4n) is 3.40. The lowest BCUT2D eigenvalue weighted by Gasteiger charge is -2.11. The second kappa shape index (κ2) is 7.14. The van der Waals surface area contributed by atoms with Crippen LogP contribution in [0.3, 0.4) is 0 Å². The third-order valence-corrected chi connectivity index (χ3v) is 7.35. The molecule has 0 unspecified atom stereocenters. The number of aryl methyl sites for hydroxylation is 2. The van der Waals surface area contributed by atoms with Crippen LogP contribution in [0.2, 0.25) is 0 Å². The summed E-state index contributed by atoms with van der Waals surface area (Å²) in [7, 11) is 0. The maximum absolute atomic E-state index is 12.5. The van der Waals surface area contributed by atoms with E-state index in [0.29, 0.717) is 11.4 Å². The first-order valence-corrected chi connectivity index (χ1v) is 11.2. The number of thiophene rings is 1. The number of amides is 1. The third-order valence-electron chi connectivity index (χ3n) is 4.62. The molecule has 1 N–H and O–H groups in total. The van der Waals surface area contributed by atoms with E-state index < -0.39 is 0 Å². The number of anilines is 1. The monoisotopic (exact) mass is 413 g/mol. The van der Waals surface area contributed by atoms with Gasteiger partial charge in [0.25, 0.3) is 0 Å². The number of hydrogen-bond donors (Lipinski definition) is 1. The summed E-state index contributed by atoms with van der Waals surface area (Å²) in [6, 6.07) is 5.61. The SMILES string of the molecule is O=C(CSc1ncnc2sc3c(c12)CCCC3)Nc1cccc2c1N=S=N2. The van der Waals surface area contributed by atoms with Gasteiger partial charge in [-0.05, 0) is 43.4 Å². The number of nitrogens with one attached hydrogen (secondary N) is 1. The highest BCUT2D eigenvalue weighted by molar-refractivity contribution is 8.00. The summed E-state index contributed by atoms with van der Waals surface area (Å²) in [5, 5.41) is 5.01. The Balaban J connectivity index is 1.35. The molecule has 0 spiro atoms. The van der Waals surface area contributed by atoms with Crippen molar-refractivity contribution in [2.75, 3.05) is 11.1 Å². The molecule has 3 aromatic rings. The van der Waals surface area contributed by atoms with Crippen LogP contribution in [-0.2, 0) is 29.0 Å². The van der Waals surface area contributed by atoms with Crippen molar-refractivity contribution in [3.8, 4) is 0 Å². The molecule has 6 nitrogen and oxygen atoms in total. The van der Waals surface area contributed by atoms with Crippen molar-refractivity contribution in [1.82, 2.24) is 9.97 Å². The Morgan fingerprint density at radius 1 is 1.19 bits per heavy atom. The highest BCUT2D eigenvalue weighted by Gasteiger charge is 2.20. The number of carbonyl (C=O) groups is 1. The number of hydrogen-bond acceptors (Lipinski definition) is 7. The van der Waals surface area contributed by atoms with E-state index in [4.69, 9.17) is 0 Å². The second-order valence-corrected chi connectivity index (χ2v) is 8.92. The number of rotatable bonds is 4. The van der Waals surface area contributed by atoms with E-state index in [1.54, 1.807) is 17.7 Å². The Morgan fingerprint density at radius 3 is 3.07 bits per heavy atom. The highest BCUT2D eigenvalue weighted by atomic mass is 32.2. The summed E-state index contributed by atoms with van der Waals surface area (Å²) >= 11 is 4.39. The normalized spacial score (nSPS) is 14.7. The molecule has 0 saturated heterocycles. The summed E-state index contributed by atoms with van der Waals surface area (Å²) in [5.74, 6) is 0.224. The fraction of sp³-hybridized carbons (Fsp3) is 0.278. The molecule has 136 valence electrons. The summed E-state index contributed by atoms with van der Waals surface area (Å²) in [4.78, 5) is 23.9. The quantitative estimate of drug-likeness (QED) is 0.376. The van der Waals surface area contributed by atoms with Gasteiger partial charge in [0, 0.05) is 10.3 Å². The van der Waals surface area contributed by atoms with Crippen LogP contribution in [-0.4, -0.2) is 21.6 Å². The largest absolute Gasteiger partial charge is 0.323 e. The van der Waals surface area contributed by atoms with Crippen LogP contribution in [0.25, 0.3) is 10.2 Å². The van der Waals surface area contributed by atoms with Gasteiger partial charge in [-0.3, -0.25) is 4.79 Å². The number of aromatic nitrogens is 2. The van der Waals surface area contributed by atoms with Crippen molar-refractivity contribution in [2.24, 2.45) is 8.73 Å². The molecule has 1 amide bonds. The molecule has 0 saturated carbocycles. The number of benzene rings is 1. The third kappa shape index (κ3) is 3.19. The van der Waals surface area contributed by atoms with Crippen LogP contribution in [0.15, 0.2) is 38.3 Å². The summed E-state index contributed by atoms with van der Waals surface area (Å²) < 4.78 is 8.47. The molecular formula is C18H15N5OS3. The lowest BCUT2D eigenvalue weighted by Crippen LogP contribution is -2.14. The van der Waals surface area contributed by atoms with Gasteiger partial charge in [0.1, 0.15) is 27.6 Å². The van der Waals surface area contributed by atoms with Gasteiger partial charge in [0.05, 0.1) is 22.8 Å². The van der Waals surface area contributed by atoms with Gasteiger partial charge in [-0.15, -0.1) is 11.3 Å². The Morgan fingerprint density at radius 2 is 2.11 bits per heavy atom. The van der Waals surface area contributed by atoms with Crippen LogP contribution in [0.1, 0.15) is 23.3 Å². The Hall–Kier alpha value is -2.10. The van der Waals surface area contributed by atoms with Gasteiger partial charge < -0.3 is 5.32 Å². The lowest BCUT2D eigenvalue weighted by atomic mass is 9.97. The topological polar surface area (TPSA) is 79.6 Å². The maximum Gasteiger partial charge on any atom is 0.234 e. The average Bonchev–Trinajstić information content (AvgIpc) is 3.31. The zero-order valence-corrected chi connectivity index (χ0v) is 16.7. The first-order chi connectivity index (χ1) is 13.3. The van der Waals surface area contributed by atoms with Gasteiger partial charge in [0.2, 0.25) is 5.91 Å². The smallest absolute Gasteiger partial charge is 0.234 e. The summed E-state index contributed by atoms with van der Waals surface area (Å²) in [6.07, 6.45) is 6.28. The van der Waals surface area contributed by atoms with Crippen molar-refractivity contribution in [3.63, 3.8) is 0 Å². The molecule has 0 bridgehead atoms. The molecule has 2 aliphatic rings. The molecule has 0 radical (unpaired) electrons. The minimum Gasteiger partial charge on any atom is -0.323 e. The molecule has 0 atom stereocenters. The Labute approximate surface area is 167 Å². The first-order valence-electron chi connectivity index (χ1n) is 8.69. The van der Waals surface area contributed by atoms with E-state index >= 15 is 0 Å². The van der Waals surface area contributed by atoms with Gasteiger partial charge in [0.15, 0.2) is 0 Å². The van der Waals surface area contributed by atoms with E-state index in [1.807, 2.05) is 18.2 Å². The van der Waals surface area contributed by atoms with Crippen LogP contribution in [0.4, 0.5) is 17.1 Å². The average molecular weight is 414 g/mol. The molecule has 3 heterocycles. The van der Waals surface area contributed by atoms with Gasteiger partial charge in [-0.1, -0.05) is 17.8 Å². The predicted octanol–water partition coefficient (Wildman–Crippen LogP) is 5.03. The molecule has 27 heavy (non-hydrogen) atoms. The van der Waals surface area contributed by atoms with E-state index in [-0.39, 0.29) is 5.91 Å². The highest BCUT2D eigenvalue weighted by Crippen LogP contribution is 2.40. The molecule has 5 rings (SSSR count). The molecule has 1 aliphatic heterocycles. The molecule has 0 fully saturated rings. The van der Waals surface area contributed by atoms with Crippen molar-refractivity contribution in [1.29, 1.82) is 0 Å². The zero-order valence-electron chi connectivity index (χ0n) is 14.3. The van der Waals surface area contributed by atoms with E-state index in [1.165, 1.54) is 35.0 Å². The van der Waals surface area contributed by atoms with Gasteiger partial charge >= 0.3 is 0 Å². The van der Waals surface area contributed by atoms with Gasteiger partial charge in [-0.25, -0.2) is 9.97 Å². The van der Waals surface area contributed by atoms with Crippen molar-refractivity contribution in [2.45, 2.75) is 30.7 Å². The minimum absolute atomic E-state index is 0.0728. The van der Waals surface area contributed by atoms with Gasteiger partial charge in [-0.2, -0.15) is 8.73 Å². The predicted molar refractivity (Wildman–Crippen MR) is 111 cm³/mol. The zero-order chi connectivity index (χ0) is 18.2.